The SMILES string of the molecule is CNC(Cn1cccn1)C(C)(C)C. The molecule has 1 atom stereocenters. The zero-order valence-corrected chi connectivity index (χ0v) is 8.91. The van der Waals surface area contributed by atoms with Gasteiger partial charge in [0.2, 0.25) is 0 Å². The molecule has 0 radical (unpaired) electrons. The lowest BCUT2D eigenvalue weighted by atomic mass is 9.87. The van der Waals surface area contributed by atoms with E-state index in [0.29, 0.717) is 6.04 Å². The predicted molar refractivity (Wildman–Crippen MR) is 54.5 cm³/mol. The van der Waals surface area contributed by atoms with Crippen LogP contribution in [0.4, 0.5) is 0 Å². The lowest BCUT2D eigenvalue weighted by Gasteiger charge is -2.30. The quantitative estimate of drug-likeness (QED) is 0.766. The number of likely N-dealkylation sites (N-methyl/N-ethyl adjacent to an activating group) is 1. The van der Waals surface area contributed by atoms with Crippen LogP contribution >= 0.6 is 0 Å². The summed E-state index contributed by atoms with van der Waals surface area (Å²) in [5.41, 5.74) is 0.265. The monoisotopic (exact) mass is 181 g/mol. The van der Waals surface area contributed by atoms with Gasteiger partial charge in [-0.15, -0.1) is 0 Å². The average Bonchev–Trinajstić information content (AvgIpc) is 2.49. The molecule has 0 bridgehead atoms. The van der Waals surface area contributed by atoms with Crippen LogP contribution in [-0.4, -0.2) is 22.9 Å². The molecule has 1 unspecified atom stereocenters. The molecule has 0 aromatic carbocycles. The van der Waals surface area contributed by atoms with Crippen molar-refractivity contribution < 1.29 is 0 Å². The molecule has 1 rings (SSSR count). The Kier molecular flexibility index (Phi) is 3.09. The van der Waals surface area contributed by atoms with Crippen molar-refractivity contribution in [2.75, 3.05) is 7.05 Å². The van der Waals surface area contributed by atoms with E-state index in [0.717, 1.165) is 6.54 Å². The summed E-state index contributed by atoms with van der Waals surface area (Å²) < 4.78 is 1.96. The van der Waals surface area contributed by atoms with Gasteiger partial charge in [-0.05, 0) is 18.5 Å². The topological polar surface area (TPSA) is 29.9 Å². The minimum atomic E-state index is 0.265. The average molecular weight is 181 g/mol. The van der Waals surface area contributed by atoms with Crippen LogP contribution in [0, 0.1) is 5.41 Å². The Labute approximate surface area is 80.1 Å². The van der Waals surface area contributed by atoms with Crippen LogP contribution in [0.25, 0.3) is 0 Å². The van der Waals surface area contributed by atoms with Crippen molar-refractivity contribution in [3.8, 4) is 0 Å². The summed E-state index contributed by atoms with van der Waals surface area (Å²) in [6, 6.07) is 2.41. The van der Waals surface area contributed by atoms with Gasteiger partial charge >= 0.3 is 0 Å². The third-order valence-electron chi connectivity index (χ3n) is 2.32. The second-order valence-corrected chi connectivity index (χ2v) is 4.44. The molecule has 13 heavy (non-hydrogen) atoms. The molecular formula is C10H19N3. The summed E-state index contributed by atoms with van der Waals surface area (Å²) in [6.45, 7) is 7.62. The van der Waals surface area contributed by atoms with E-state index in [2.05, 4.69) is 31.2 Å². The van der Waals surface area contributed by atoms with Crippen LogP contribution in [0.2, 0.25) is 0 Å². The third-order valence-corrected chi connectivity index (χ3v) is 2.32. The van der Waals surface area contributed by atoms with Crippen LogP contribution < -0.4 is 5.32 Å². The first kappa shape index (κ1) is 10.3. The molecule has 0 aliphatic heterocycles. The molecule has 0 saturated carbocycles. The van der Waals surface area contributed by atoms with Crippen LogP contribution in [0.15, 0.2) is 18.5 Å². The van der Waals surface area contributed by atoms with Crippen LogP contribution in [-0.2, 0) is 6.54 Å². The summed E-state index contributed by atoms with van der Waals surface area (Å²) in [4.78, 5) is 0. The van der Waals surface area contributed by atoms with Gasteiger partial charge in [-0.3, -0.25) is 4.68 Å². The van der Waals surface area contributed by atoms with E-state index in [9.17, 15) is 0 Å². The van der Waals surface area contributed by atoms with E-state index in [-0.39, 0.29) is 5.41 Å². The van der Waals surface area contributed by atoms with E-state index in [1.807, 2.05) is 30.2 Å². The smallest absolute Gasteiger partial charge is 0.0567 e. The van der Waals surface area contributed by atoms with Crippen molar-refractivity contribution in [2.45, 2.75) is 33.4 Å². The third kappa shape index (κ3) is 2.84. The number of rotatable bonds is 3. The Morgan fingerprint density at radius 2 is 2.15 bits per heavy atom. The van der Waals surface area contributed by atoms with Gasteiger partial charge in [0, 0.05) is 18.4 Å². The number of nitrogens with one attached hydrogen (secondary N) is 1. The van der Waals surface area contributed by atoms with Gasteiger partial charge in [-0.2, -0.15) is 5.10 Å². The zero-order chi connectivity index (χ0) is 9.90. The second-order valence-electron chi connectivity index (χ2n) is 4.44. The van der Waals surface area contributed by atoms with E-state index in [1.165, 1.54) is 0 Å². The first-order chi connectivity index (χ1) is 6.04. The molecule has 0 amide bonds. The molecule has 3 nitrogen and oxygen atoms in total. The summed E-state index contributed by atoms with van der Waals surface area (Å²) in [6.07, 6.45) is 3.81. The summed E-state index contributed by atoms with van der Waals surface area (Å²) in [5.74, 6) is 0. The molecule has 1 aromatic rings. The summed E-state index contributed by atoms with van der Waals surface area (Å²) in [5, 5.41) is 7.51. The lowest BCUT2D eigenvalue weighted by molar-refractivity contribution is 0.247. The van der Waals surface area contributed by atoms with Gasteiger partial charge in [0.15, 0.2) is 0 Å². The maximum atomic E-state index is 4.19. The Morgan fingerprint density at radius 1 is 1.46 bits per heavy atom. The standard InChI is InChI=1S/C10H19N3/c1-10(2,3)9(11-4)8-13-7-5-6-12-13/h5-7,9,11H,8H2,1-4H3. The van der Waals surface area contributed by atoms with Crippen LogP contribution in [0.3, 0.4) is 0 Å². The summed E-state index contributed by atoms with van der Waals surface area (Å²) >= 11 is 0. The molecule has 1 N–H and O–H groups in total. The minimum absolute atomic E-state index is 0.265. The highest BCUT2D eigenvalue weighted by atomic mass is 15.3. The molecule has 74 valence electrons. The molecule has 0 fully saturated rings. The molecule has 0 aliphatic rings. The van der Waals surface area contributed by atoms with Crippen molar-refractivity contribution in [1.82, 2.24) is 15.1 Å². The zero-order valence-electron chi connectivity index (χ0n) is 8.91. The van der Waals surface area contributed by atoms with E-state index < -0.39 is 0 Å². The number of nitrogens with zero attached hydrogens (tertiary/aromatic N) is 2. The summed E-state index contributed by atoms with van der Waals surface area (Å²) in [7, 11) is 2.00. The van der Waals surface area contributed by atoms with Gasteiger partial charge in [-0.1, -0.05) is 20.8 Å². The molecule has 1 heterocycles. The van der Waals surface area contributed by atoms with Crippen LogP contribution in [0.1, 0.15) is 20.8 Å². The van der Waals surface area contributed by atoms with Gasteiger partial charge < -0.3 is 5.32 Å². The maximum Gasteiger partial charge on any atom is 0.0567 e. The lowest BCUT2D eigenvalue weighted by Crippen LogP contribution is -2.41. The number of hydrogen-bond donors (Lipinski definition) is 1. The number of aromatic nitrogens is 2. The van der Waals surface area contributed by atoms with Gasteiger partial charge in [0.05, 0.1) is 6.54 Å². The van der Waals surface area contributed by atoms with E-state index >= 15 is 0 Å². The van der Waals surface area contributed by atoms with Gasteiger partial charge in [0.25, 0.3) is 0 Å². The molecular weight excluding hydrogens is 162 g/mol. The van der Waals surface area contributed by atoms with Crippen molar-refractivity contribution in [2.24, 2.45) is 5.41 Å². The van der Waals surface area contributed by atoms with Crippen molar-refractivity contribution in [3.05, 3.63) is 18.5 Å². The second kappa shape index (κ2) is 3.92. The highest BCUT2D eigenvalue weighted by Crippen LogP contribution is 2.19. The van der Waals surface area contributed by atoms with Gasteiger partial charge in [-0.25, -0.2) is 0 Å². The maximum absolute atomic E-state index is 4.19. The first-order valence-electron chi connectivity index (χ1n) is 4.68. The van der Waals surface area contributed by atoms with Crippen molar-refractivity contribution >= 4 is 0 Å². The molecule has 0 aliphatic carbocycles. The van der Waals surface area contributed by atoms with Crippen molar-refractivity contribution in [3.63, 3.8) is 0 Å². The largest absolute Gasteiger partial charge is 0.315 e. The highest BCUT2D eigenvalue weighted by molar-refractivity contribution is 4.83. The fraction of sp³-hybridized carbons (Fsp3) is 0.700. The van der Waals surface area contributed by atoms with Crippen LogP contribution in [0.5, 0.6) is 0 Å². The fourth-order valence-corrected chi connectivity index (χ4v) is 1.39. The highest BCUT2D eigenvalue weighted by Gasteiger charge is 2.23. The Balaban J connectivity index is 2.60. The molecule has 3 heteroatoms. The van der Waals surface area contributed by atoms with E-state index in [1.54, 1.807) is 0 Å². The fourth-order valence-electron chi connectivity index (χ4n) is 1.39. The molecule has 1 aromatic heterocycles. The first-order valence-corrected chi connectivity index (χ1v) is 4.68. The number of hydrogen-bond acceptors (Lipinski definition) is 2. The van der Waals surface area contributed by atoms with Crippen molar-refractivity contribution in [1.29, 1.82) is 0 Å². The predicted octanol–water partition coefficient (Wildman–Crippen LogP) is 1.52. The molecule has 0 saturated heterocycles. The Hall–Kier alpha value is -0.830. The molecule has 0 spiro atoms. The Morgan fingerprint density at radius 3 is 2.54 bits per heavy atom. The van der Waals surface area contributed by atoms with E-state index in [4.69, 9.17) is 0 Å². The normalized spacial score (nSPS) is 14.5. The van der Waals surface area contributed by atoms with Gasteiger partial charge in [0.1, 0.15) is 0 Å². The Bertz CT molecular complexity index is 233. The minimum Gasteiger partial charge on any atom is -0.315 e.